The highest BCUT2D eigenvalue weighted by atomic mass is 15.1. The first-order valence-electron chi connectivity index (χ1n) is 7.43. The molecular formula is C15H24N4. The summed E-state index contributed by atoms with van der Waals surface area (Å²) >= 11 is 0. The van der Waals surface area contributed by atoms with Crippen LogP contribution < -0.4 is 10.6 Å². The van der Waals surface area contributed by atoms with Crippen molar-refractivity contribution < 1.29 is 0 Å². The fourth-order valence-electron chi connectivity index (χ4n) is 2.96. The van der Waals surface area contributed by atoms with Crippen LogP contribution in [0.2, 0.25) is 0 Å². The Morgan fingerprint density at radius 1 is 1.37 bits per heavy atom. The Kier molecular flexibility index (Phi) is 3.21. The van der Waals surface area contributed by atoms with E-state index in [-0.39, 0.29) is 0 Å². The van der Waals surface area contributed by atoms with Gasteiger partial charge in [-0.25, -0.2) is 9.97 Å². The Hall–Kier alpha value is -1.16. The largest absolute Gasteiger partial charge is 0.351 e. The van der Waals surface area contributed by atoms with Crippen LogP contribution in [0.15, 0.2) is 6.20 Å². The van der Waals surface area contributed by atoms with Crippen molar-refractivity contribution in [3.63, 3.8) is 0 Å². The van der Waals surface area contributed by atoms with Gasteiger partial charge < -0.3 is 10.6 Å². The molecule has 2 aliphatic carbocycles. The monoisotopic (exact) mass is 260 g/mol. The summed E-state index contributed by atoms with van der Waals surface area (Å²) in [6, 6.07) is 1.01. The molecule has 3 rings (SSSR count). The zero-order valence-electron chi connectivity index (χ0n) is 12.2. The van der Waals surface area contributed by atoms with Crippen LogP contribution in [0.25, 0.3) is 0 Å². The van der Waals surface area contributed by atoms with Crippen molar-refractivity contribution in [3.8, 4) is 0 Å². The predicted molar refractivity (Wildman–Crippen MR) is 77.2 cm³/mol. The zero-order valence-corrected chi connectivity index (χ0v) is 12.2. The van der Waals surface area contributed by atoms with Gasteiger partial charge in [0.05, 0.1) is 5.69 Å². The molecule has 1 aromatic heterocycles. The maximum atomic E-state index is 4.76. The van der Waals surface area contributed by atoms with Crippen LogP contribution in [0, 0.1) is 5.41 Å². The van der Waals surface area contributed by atoms with Crippen LogP contribution in [0.1, 0.15) is 57.3 Å². The lowest BCUT2D eigenvalue weighted by atomic mass is 9.74. The molecule has 1 unspecified atom stereocenters. The summed E-state index contributed by atoms with van der Waals surface area (Å²) in [5.74, 6) is 0.814. The van der Waals surface area contributed by atoms with E-state index >= 15 is 0 Å². The number of hydrogen-bond acceptors (Lipinski definition) is 4. The average Bonchev–Trinajstić information content (AvgIpc) is 3.11. The number of anilines is 1. The number of nitrogens with zero attached hydrogens (tertiary/aromatic N) is 2. The molecule has 4 nitrogen and oxygen atoms in total. The molecule has 0 saturated heterocycles. The van der Waals surface area contributed by atoms with Crippen molar-refractivity contribution in [2.75, 3.05) is 11.9 Å². The van der Waals surface area contributed by atoms with Crippen LogP contribution in [0.5, 0.6) is 0 Å². The van der Waals surface area contributed by atoms with Gasteiger partial charge in [0.1, 0.15) is 0 Å². The van der Waals surface area contributed by atoms with Crippen molar-refractivity contribution in [1.82, 2.24) is 15.3 Å². The Bertz CT molecular complexity index is 465. The molecule has 4 heteroatoms. The molecule has 0 aromatic carbocycles. The topological polar surface area (TPSA) is 49.8 Å². The normalized spacial score (nSPS) is 24.9. The van der Waals surface area contributed by atoms with Gasteiger partial charge in [-0.1, -0.05) is 20.8 Å². The highest BCUT2D eigenvalue weighted by Gasteiger charge is 2.33. The second kappa shape index (κ2) is 4.75. The van der Waals surface area contributed by atoms with E-state index in [1.165, 1.54) is 24.1 Å². The van der Waals surface area contributed by atoms with Crippen molar-refractivity contribution in [3.05, 3.63) is 17.5 Å². The SMILES string of the molecule is CCNC1CC(C)(C)Cc2nc(NC3CC3)ncc21. The lowest BCUT2D eigenvalue weighted by Gasteiger charge is -2.36. The van der Waals surface area contributed by atoms with Crippen molar-refractivity contribution >= 4 is 5.95 Å². The Labute approximate surface area is 115 Å². The first-order chi connectivity index (χ1) is 9.07. The van der Waals surface area contributed by atoms with E-state index in [4.69, 9.17) is 4.98 Å². The fourth-order valence-corrected chi connectivity index (χ4v) is 2.96. The van der Waals surface area contributed by atoms with Gasteiger partial charge in [-0.2, -0.15) is 0 Å². The third-order valence-corrected chi connectivity index (χ3v) is 4.04. The lowest BCUT2D eigenvalue weighted by Crippen LogP contribution is -2.34. The summed E-state index contributed by atoms with van der Waals surface area (Å²) < 4.78 is 0. The summed E-state index contributed by atoms with van der Waals surface area (Å²) in [6.07, 6.45) is 6.74. The van der Waals surface area contributed by atoms with Gasteiger partial charge in [-0.15, -0.1) is 0 Å². The molecule has 1 atom stereocenters. The van der Waals surface area contributed by atoms with Crippen LogP contribution in [-0.4, -0.2) is 22.6 Å². The Morgan fingerprint density at radius 3 is 2.84 bits per heavy atom. The second-order valence-electron chi connectivity index (χ2n) is 6.67. The summed E-state index contributed by atoms with van der Waals surface area (Å²) in [4.78, 5) is 9.25. The van der Waals surface area contributed by atoms with Crippen molar-refractivity contribution in [1.29, 1.82) is 0 Å². The molecule has 19 heavy (non-hydrogen) atoms. The van der Waals surface area contributed by atoms with Gasteiger partial charge in [-0.3, -0.25) is 0 Å². The smallest absolute Gasteiger partial charge is 0.223 e. The highest BCUT2D eigenvalue weighted by Crippen LogP contribution is 2.40. The molecule has 1 fully saturated rings. The molecule has 0 spiro atoms. The molecule has 1 saturated carbocycles. The minimum Gasteiger partial charge on any atom is -0.351 e. The molecule has 0 radical (unpaired) electrons. The van der Waals surface area contributed by atoms with E-state index in [9.17, 15) is 0 Å². The zero-order chi connectivity index (χ0) is 13.5. The van der Waals surface area contributed by atoms with Crippen LogP contribution in [0.4, 0.5) is 5.95 Å². The third-order valence-electron chi connectivity index (χ3n) is 4.04. The van der Waals surface area contributed by atoms with Gasteiger partial charge in [0.2, 0.25) is 5.95 Å². The second-order valence-corrected chi connectivity index (χ2v) is 6.67. The Balaban J connectivity index is 1.88. The summed E-state index contributed by atoms with van der Waals surface area (Å²) in [5, 5.41) is 6.97. The van der Waals surface area contributed by atoms with E-state index in [2.05, 4.69) is 36.4 Å². The maximum Gasteiger partial charge on any atom is 0.223 e. The van der Waals surface area contributed by atoms with Crippen LogP contribution in [0.3, 0.4) is 0 Å². The van der Waals surface area contributed by atoms with Gasteiger partial charge >= 0.3 is 0 Å². The van der Waals surface area contributed by atoms with Crippen LogP contribution in [-0.2, 0) is 6.42 Å². The molecule has 2 aliphatic rings. The number of nitrogens with one attached hydrogen (secondary N) is 2. The molecule has 0 aliphatic heterocycles. The Morgan fingerprint density at radius 2 is 2.16 bits per heavy atom. The predicted octanol–water partition coefficient (Wildman–Crippen LogP) is 2.67. The average molecular weight is 260 g/mol. The fraction of sp³-hybridized carbons (Fsp3) is 0.733. The van der Waals surface area contributed by atoms with Crippen molar-refractivity contribution in [2.45, 2.75) is 58.5 Å². The molecule has 0 amide bonds. The number of aromatic nitrogens is 2. The molecule has 104 valence electrons. The lowest BCUT2D eigenvalue weighted by molar-refractivity contribution is 0.255. The quantitative estimate of drug-likeness (QED) is 0.874. The first-order valence-corrected chi connectivity index (χ1v) is 7.43. The number of rotatable bonds is 4. The maximum absolute atomic E-state index is 4.76. The van der Waals surface area contributed by atoms with Crippen LogP contribution >= 0.6 is 0 Å². The third kappa shape index (κ3) is 2.89. The summed E-state index contributed by atoms with van der Waals surface area (Å²) in [6.45, 7) is 7.81. The number of fused-ring (bicyclic) bond motifs is 1. The van der Waals surface area contributed by atoms with E-state index < -0.39 is 0 Å². The van der Waals surface area contributed by atoms with Crippen molar-refractivity contribution in [2.24, 2.45) is 5.41 Å². The van der Waals surface area contributed by atoms with E-state index in [0.29, 0.717) is 17.5 Å². The standard InChI is InChI=1S/C15H24N4/c1-4-16-12-7-15(2,3)8-13-11(12)9-17-14(19-13)18-10-5-6-10/h9-10,12,16H,4-8H2,1-3H3,(H,17,18,19). The first kappa shape index (κ1) is 12.9. The minimum atomic E-state index is 0.311. The highest BCUT2D eigenvalue weighted by molar-refractivity contribution is 5.35. The molecule has 2 N–H and O–H groups in total. The molecule has 1 aromatic rings. The van der Waals surface area contributed by atoms with Gasteiger partial charge in [0.25, 0.3) is 0 Å². The van der Waals surface area contributed by atoms with E-state index in [1.807, 2.05) is 6.20 Å². The summed E-state index contributed by atoms with van der Waals surface area (Å²) in [5.41, 5.74) is 2.83. The van der Waals surface area contributed by atoms with E-state index in [0.717, 1.165) is 25.3 Å². The van der Waals surface area contributed by atoms with Gasteiger partial charge in [-0.05, 0) is 37.6 Å². The van der Waals surface area contributed by atoms with Gasteiger partial charge in [0, 0.05) is 23.8 Å². The van der Waals surface area contributed by atoms with E-state index in [1.54, 1.807) is 0 Å². The minimum absolute atomic E-state index is 0.311. The summed E-state index contributed by atoms with van der Waals surface area (Å²) in [7, 11) is 0. The molecule has 0 bridgehead atoms. The van der Waals surface area contributed by atoms with Gasteiger partial charge in [0.15, 0.2) is 0 Å². The molecular weight excluding hydrogens is 236 g/mol. The molecule has 1 heterocycles. The number of hydrogen-bond donors (Lipinski definition) is 2.